The lowest BCUT2D eigenvalue weighted by atomic mass is 10.1. The Bertz CT molecular complexity index is 2020. The second-order valence-electron chi connectivity index (χ2n) is 15.8. The van der Waals surface area contributed by atoms with Gasteiger partial charge in [0, 0.05) is 88.3 Å². The molecule has 4 N–H and O–H groups in total. The summed E-state index contributed by atoms with van der Waals surface area (Å²) in [5.41, 5.74) is 15.1. The van der Waals surface area contributed by atoms with E-state index in [4.69, 9.17) is 44.6 Å². The summed E-state index contributed by atoms with van der Waals surface area (Å²) in [5, 5.41) is 0. The van der Waals surface area contributed by atoms with Crippen molar-refractivity contribution >= 4 is 55.5 Å². The molecule has 16 nitrogen and oxygen atoms in total. The van der Waals surface area contributed by atoms with Gasteiger partial charge in [-0.25, -0.2) is 4.79 Å². The number of benzene rings is 3. The second kappa shape index (κ2) is 27.7. The van der Waals surface area contributed by atoms with Crippen LogP contribution in [0.5, 0.6) is 17.2 Å². The molecule has 65 heavy (non-hydrogen) atoms. The third-order valence-corrected chi connectivity index (χ3v) is 9.75. The van der Waals surface area contributed by atoms with Crippen LogP contribution in [0.2, 0.25) is 0 Å². The first-order valence-corrected chi connectivity index (χ1v) is 21.0. The molecule has 0 saturated heterocycles. The second-order valence-corrected chi connectivity index (χ2v) is 15.8. The van der Waals surface area contributed by atoms with Gasteiger partial charge in [0.25, 0.3) is 0 Å². The molecule has 3 heterocycles. The molecule has 0 bridgehead atoms. The van der Waals surface area contributed by atoms with Gasteiger partial charge in [0.15, 0.2) is 12.3 Å². The maximum absolute atomic E-state index is 12.4. The van der Waals surface area contributed by atoms with Crippen molar-refractivity contribution in [2.75, 3.05) is 46.9 Å². The molecule has 3 aromatic carbocycles. The van der Waals surface area contributed by atoms with E-state index in [1.807, 2.05) is 90.1 Å². The summed E-state index contributed by atoms with van der Waals surface area (Å²) in [6.07, 6.45) is 4.13. The molecule has 0 fully saturated rings. The number of ether oxygens (including phenoxy) is 8. The smallest absolute Gasteiger partial charge is 0.332 e. The molecule has 3 aliphatic heterocycles. The number of fused-ring (bicyclic) bond motifs is 3. The zero-order valence-electron chi connectivity index (χ0n) is 39.5. The highest BCUT2D eigenvalue weighted by molar-refractivity contribution is 5.88. The molecule has 0 aliphatic carbocycles. The van der Waals surface area contributed by atoms with E-state index in [-0.39, 0.29) is 37.9 Å². The largest absolute Gasteiger partial charge is 0.468 e. The van der Waals surface area contributed by atoms with Crippen molar-refractivity contribution in [3.05, 3.63) is 88.0 Å². The first-order chi connectivity index (χ1) is 29.9. The number of nitrogens with zero attached hydrogens (tertiary/aromatic N) is 3. The van der Waals surface area contributed by atoms with Gasteiger partial charge in [-0.2, -0.15) is 0 Å². The number of hydrogen-bond acceptors (Lipinski definition) is 16. The Morgan fingerprint density at radius 2 is 1.06 bits per heavy atom. The average Bonchev–Trinajstić information content (AvgIpc) is 3.27. The van der Waals surface area contributed by atoms with Crippen molar-refractivity contribution in [3.8, 4) is 17.2 Å². The van der Waals surface area contributed by atoms with Crippen molar-refractivity contribution in [2.45, 2.75) is 112 Å². The first-order valence-electron chi connectivity index (χ1n) is 21.0. The van der Waals surface area contributed by atoms with Crippen molar-refractivity contribution in [3.63, 3.8) is 0 Å². The molecule has 3 aromatic rings. The van der Waals surface area contributed by atoms with Gasteiger partial charge < -0.3 is 54.3 Å². The van der Waals surface area contributed by atoms with E-state index < -0.39 is 41.4 Å². The minimum atomic E-state index is -0.801. The summed E-state index contributed by atoms with van der Waals surface area (Å²) in [6.45, 7) is 22.9. The fraction of sp³-hybridized carbons (Fsp3) is 0.511. The lowest BCUT2D eigenvalue weighted by Crippen LogP contribution is -2.38. The number of halogens is 2. The molecule has 3 aliphatic rings. The van der Waals surface area contributed by atoms with Crippen LogP contribution in [0.1, 0.15) is 100 Å². The Hall–Kier alpha value is -4.65. The van der Waals surface area contributed by atoms with E-state index in [9.17, 15) is 14.4 Å². The number of aliphatic imine (C=N–C) groups is 2. The maximum Gasteiger partial charge on any atom is 0.332 e. The number of carbonyl (C=O) groups excluding carboxylic acids is 3. The van der Waals surface area contributed by atoms with Gasteiger partial charge in [-0.3, -0.25) is 19.6 Å². The summed E-state index contributed by atoms with van der Waals surface area (Å²) in [4.78, 5) is 44.8. The molecular formula is C47H69Cl2N5O11. The van der Waals surface area contributed by atoms with Crippen molar-refractivity contribution in [1.29, 1.82) is 0 Å². The standard InChI is InChI=1S/C26H30N2O6.C11H12O3.C6H15N.C4H10N2O2.2ClH/c1-25(2)31-15-19-10-6-8-17(22(19)33-25)12-27-14-21(24(29)30-5)28-13-18-9-7-11-20-16-32-26(3,4)34-23(18)20;1-11(2)13-7-9-5-3-4-8(6-12)10(9)14-11;1-4-7(5-2)6-3;1-8-4(7)3(6)2-5;;/h6-13,21H,14-16H2,1-5H3;3-6H,7H2,1-2H3;4-6H2,1-3H3;3H,2,5-6H2,1H3;2*1H. The lowest BCUT2D eigenvalue weighted by Gasteiger charge is -2.33. The Labute approximate surface area is 396 Å². The molecule has 2 unspecified atom stereocenters. The zero-order chi connectivity index (χ0) is 46.8. The highest BCUT2D eigenvalue weighted by atomic mass is 35.5. The van der Waals surface area contributed by atoms with Crippen LogP contribution in [0.25, 0.3) is 0 Å². The van der Waals surface area contributed by atoms with Crippen LogP contribution < -0.4 is 25.7 Å². The quantitative estimate of drug-likeness (QED) is 0.108. The molecule has 0 radical (unpaired) electrons. The van der Waals surface area contributed by atoms with Crippen LogP contribution in [-0.4, -0.2) is 112 Å². The average molecular weight is 951 g/mol. The van der Waals surface area contributed by atoms with Crippen LogP contribution in [0.15, 0.2) is 64.6 Å². The van der Waals surface area contributed by atoms with Crippen LogP contribution in [0.4, 0.5) is 0 Å². The van der Waals surface area contributed by atoms with E-state index in [2.05, 4.69) is 40.4 Å². The minimum absolute atomic E-state index is 0. The number of nitrogens with two attached hydrogens (primary N) is 2. The SMILES string of the molecule is CC1(C)OCc2cccc(C=O)c2O1.CCN(CC)CC.COC(=O)C(CN=Cc1cccc2c1OC(C)(C)OC2)N=Cc1cccc2c1OC(C)(C)OC2.COC(=O)C(N)CN.Cl.Cl. The summed E-state index contributed by atoms with van der Waals surface area (Å²) in [7, 11) is 2.61. The summed E-state index contributed by atoms with van der Waals surface area (Å²) >= 11 is 0. The third kappa shape index (κ3) is 18.3. The van der Waals surface area contributed by atoms with E-state index in [1.165, 1.54) is 33.9 Å². The predicted molar refractivity (Wildman–Crippen MR) is 256 cm³/mol. The van der Waals surface area contributed by atoms with Crippen molar-refractivity contribution < 1.29 is 52.3 Å². The molecule has 6 rings (SSSR count). The zero-order valence-corrected chi connectivity index (χ0v) is 41.2. The maximum atomic E-state index is 12.4. The number of methoxy groups -OCH3 is 2. The number of aldehydes is 1. The number of carbonyl (C=O) groups is 3. The summed E-state index contributed by atoms with van der Waals surface area (Å²) < 4.78 is 43.6. The summed E-state index contributed by atoms with van der Waals surface area (Å²) in [6, 6.07) is 15.5. The Kier molecular flexibility index (Phi) is 24.9. The number of rotatable bonds is 12. The van der Waals surface area contributed by atoms with Crippen LogP contribution in [-0.2, 0) is 53.1 Å². The highest BCUT2D eigenvalue weighted by Gasteiger charge is 2.31. The molecule has 0 amide bonds. The van der Waals surface area contributed by atoms with E-state index in [0.29, 0.717) is 36.9 Å². The van der Waals surface area contributed by atoms with Crippen molar-refractivity contribution in [2.24, 2.45) is 21.5 Å². The van der Waals surface area contributed by atoms with Gasteiger partial charge in [-0.1, -0.05) is 57.2 Å². The van der Waals surface area contributed by atoms with Gasteiger partial charge in [-0.15, -0.1) is 24.8 Å². The Balaban J connectivity index is 0.000000557. The van der Waals surface area contributed by atoms with E-state index in [1.54, 1.807) is 18.5 Å². The predicted octanol–water partition coefficient (Wildman–Crippen LogP) is 6.84. The molecule has 2 atom stereocenters. The Morgan fingerprint density at radius 1 is 0.677 bits per heavy atom. The molecule has 0 spiro atoms. The van der Waals surface area contributed by atoms with Crippen molar-refractivity contribution in [1.82, 2.24) is 4.90 Å². The first kappa shape index (κ1) is 58.4. The molecular weight excluding hydrogens is 881 g/mol. The van der Waals surface area contributed by atoms with Gasteiger partial charge >= 0.3 is 11.9 Å². The van der Waals surface area contributed by atoms with Crippen LogP contribution >= 0.6 is 24.8 Å². The van der Waals surface area contributed by atoms with Gasteiger partial charge in [0.2, 0.25) is 17.4 Å². The molecule has 0 aromatic heterocycles. The summed E-state index contributed by atoms with van der Waals surface area (Å²) in [5.74, 6) is -0.946. The normalized spacial score (nSPS) is 16.6. The fourth-order valence-corrected chi connectivity index (χ4v) is 6.06. The van der Waals surface area contributed by atoms with Crippen LogP contribution in [0.3, 0.4) is 0 Å². The highest BCUT2D eigenvalue weighted by Crippen LogP contribution is 2.35. The third-order valence-electron chi connectivity index (χ3n) is 9.75. The lowest BCUT2D eigenvalue weighted by molar-refractivity contribution is -0.180. The number of esters is 2. The van der Waals surface area contributed by atoms with Crippen LogP contribution in [0, 0.1) is 0 Å². The van der Waals surface area contributed by atoms with Gasteiger partial charge in [-0.05, 0) is 37.8 Å². The van der Waals surface area contributed by atoms with E-state index in [0.717, 1.165) is 39.9 Å². The molecule has 0 saturated carbocycles. The van der Waals surface area contributed by atoms with Gasteiger partial charge in [0.1, 0.15) is 23.3 Å². The molecule has 362 valence electrons. The topological polar surface area (TPSA) is 205 Å². The molecule has 18 heteroatoms. The van der Waals surface area contributed by atoms with Gasteiger partial charge in [0.05, 0.1) is 46.1 Å². The van der Waals surface area contributed by atoms with E-state index >= 15 is 0 Å². The monoisotopic (exact) mass is 949 g/mol. The number of para-hydroxylation sites is 3. The number of hydrogen-bond donors (Lipinski definition) is 2. The minimum Gasteiger partial charge on any atom is -0.468 e. The fourth-order valence-electron chi connectivity index (χ4n) is 6.06. The Morgan fingerprint density at radius 3 is 1.40 bits per heavy atom.